The maximum atomic E-state index is 11.8. The van der Waals surface area contributed by atoms with E-state index < -0.39 is 42.1 Å². The van der Waals surface area contributed by atoms with Crippen LogP contribution in [0.5, 0.6) is 0 Å². The lowest BCUT2D eigenvalue weighted by Crippen LogP contribution is -2.38. The summed E-state index contributed by atoms with van der Waals surface area (Å²) in [5, 5.41) is 10.8. The average molecular weight is 491 g/mol. The predicted molar refractivity (Wildman–Crippen MR) is 121 cm³/mol. The third kappa shape index (κ3) is 5.02. The van der Waals surface area contributed by atoms with Crippen LogP contribution in [0.1, 0.15) is 71.3 Å². The van der Waals surface area contributed by atoms with Crippen molar-refractivity contribution in [2.24, 2.45) is 0 Å². The number of ether oxygens (including phenoxy) is 3. The molecule has 0 amide bonds. The maximum absolute atomic E-state index is 11.8. The zero-order valence-corrected chi connectivity index (χ0v) is 20.0. The van der Waals surface area contributed by atoms with Crippen LogP contribution in [0.4, 0.5) is 0 Å². The fourth-order valence-electron chi connectivity index (χ4n) is 4.47. The van der Waals surface area contributed by atoms with E-state index in [1.54, 1.807) is 4.57 Å². The molecule has 4 rings (SSSR count). The molecular formula is C23H27ClN4O6. The van der Waals surface area contributed by atoms with Crippen LogP contribution >= 0.6 is 11.6 Å². The van der Waals surface area contributed by atoms with Crippen LogP contribution in [0.15, 0.2) is 6.33 Å². The summed E-state index contributed by atoms with van der Waals surface area (Å²) in [6.45, 7) is 4.44. The second-order valence-electron chi connectivity index (χ2n) is 8.63. The van der Waals surface area contributed by atoms with Gasteiger partial charge in [0.05, 0.1) is 6.33 Å². The minimum Gasteiger partial charge on any atom is -0.456 e. The molecule has 11 heteroatoms. The molecule has 1 aliphatic heterocycles. The van der Waals surface area contributed by atoms with Crippen molar-refractivity contribution in [2.45, 2.75) is 89.4 Å². The number of halogens is 1. The quantitative estimate of drug-likeness (QED) is 0.391. The van der Waals surface area contributed by atoms with E-state index in [4.69, 9.17) is 25.8 Å². The Hall–Kier alpha value is -2.74. The molecule has 1 saturated heterocycles. The summed E-state index contributed by atoms with van der Waals surface area (Å²) in [7, 11) is 0. The summed E-state index contributed by atoms with van der Waals surface area (Å²) in [5.74, 6) is 4.83. The standard InChI is InChI=1S/C23H27ClN4O6/c1-4-15-18(32-13(2)29)19(33-14(3)30)22(34-15)28-12-25-17-20(24)26-16(27-21(17)28)8-11-23(31)9-6-5-7-10-23/h12,15,18-19,22,31H,4-7,9-10H2,1-3H3/t15-,18-,19-,22?/m1/s1. The Kier molecular flexibility index (Phi) is 7.07. The Morgan fingerprint density at radius 3 is 2.53 bits per heavy atom. The molecule has 1 N–H and O–H groups in total. The molecule has 2 fully saturated rings. The van der Waals surface area contributed by atoms with E-state index in [1.807, 2.05) is 6.92 Å². The summed E-state index contributed by atoms with van der Waals surface area (Å²) in [4.78, 5) is 36.6. The van der Waals surface area contributed by atoms with Crippen LogP contribution in [0, 0.1) is 11.8 Å². The van der Waals surface area contributed by atoms with Crippen molar-refractivity contribution in [2.75, 3.05) is 0 Å². The van der Waals surface area contributed by atoms with Crippen molar-refractivity contribution in [3.8, 4) is 11.8 Å². The first-order valence-electron chi connectivity index (χ1n) is 11.4. The number of fused-ring (bicyclic) bond motifs is 1. The van der Waals surface area contributed by atoms with Crippen molar-refractivity contribution in [3.63, 3.8) is 0 Å². The van der Waals surface area contributed by atoms with Gasteiger partial charge in [0.1, 0.15) is 17.2 Å². The molecule has 2 aliphatic rings. The Labute approximate surface area is 202 Å². The molecule has 0 bridgehead atoms. The monoisotopic (exact) mass is 490 g/mol. The molecular weight excluding hydrogens is 464 g/mol. The third-order valence-corrected chi connectivity index (χ3v) is 6.30. The van der Waals surface area contributed by atoms with E-state index in [9.17, 15) is 14.7 Å². The van der Waals surface area contributed by atoms with Crippen LogP contribution in [0.3, 0.4) is 0 Å². The van der Waals surface area contributed by atoms with Gasteiger partial charge in [-0.2, -0.15) is 0 Å². The minimum absolute atomic E-state index is 0.0919. The van der Waals surface area contributed by atoms with Gasteiger partial charge < -0.3 is 19.3 Å². The van der Waals surface area contributed by atoms with Crippen molar-refractivity contribution in [1.29, 1.82) is 0 Å². The molecule has 1 saturated carbocycles. The van der Waals surface area contributed by atoms with Gasteiger partial charge in [-0.05, 0) is 38.0 Å². The van der Waals surface area contributed by atoms with Crippen LogP contribution < -0.4 is 0 Å². The molecule has 0 radical (unpaired) electrons. The van der Waals surface area contributed by atoms with Gasteiger partial charge in [-0.1, -0.05) is 30.9 Å². The Balaban J connectivity index is 1.73. The van der Waals surface area contributed by atoms with E-state index in [-0.39, 0.29) is 11.0 Å². The van der Waals surface area contributed by atoms with Gasteiger partial charge in [0.2, 0.25) is 5.82 Å². The van der Waals surface area contributed by atoms with E-state index in [0.717, 1.165) is 19.3 Å². The van der Waals surface area contributed by atoms with Gasteiger partial charge in [-0.15, -0.1) is 0 Å². The normalized spacial score (nSPS) is 26.0. The fourth-order valence-corrected chi connectivity index (χ4v) is 4.68. The van der Waals surface area contributed by atoms with Crippen LogP contribution in [0.2, 0.25) is 5.15 Å². The maximum Gasteiger partial charge on any atom is 0.303 e. The lowest BCUT2D eigenvalue weighted by atomic mass is 9.85. The molecule has 0 aromatic carbocycles. The summed E-state index contributed by atoms with van der Waals surface area (Å²) < 4.78 is 18.7. The highest BCUT2D eigenvalue weighted by molar-refractivity contribution is 6.33. The first-order chi connectivity index (χ1) is 16.2. The number of carbonyl (C=O) groups excluding carboxylic acids is 2. The van der Waals surface area contributed by atoms with Crippen molar-refractivity contribution in [3.05, 3.63) is 17.3 Å². The molecule has 34 heavy (non-hydrogen) atoms. The van der Waals surface area contributed by atoms with E-state index in [2.05, 4.69) is 26.8 Å². The van der Waals surface area contributed by atoms with E-state index in [0.29, 0.717) is 30.4 Å². The highest BCUT2D eigenvalue weighted by Gasteiger charge is 2.49. The lowest BCUT2D eigenvalue weighted by Gasteiger charge is -2.26. The Morgan fingerprint density at radius 1 is 1.21 bits per heavy atom. The van der Waals surface area contributed by atoms with Gasteiger partial charge in [0, 0.05) is 13.8 Å². The molecule has 1 unspecified atom stereocenters. The molecule has 2 aromatic heterocycles. The smallest absolute Gasteiger partial charge is 0.303 e. The highest BCUT2D eigenvalue weighted by Crippen LogP contribution is 2.37. The topological polar surface area (TPSA) is 126 Å². The van der Waals surface area contributed by atoms with Crippen molar-refractivity contribution >= 4 is 34.7 Å². The summed E-state index contributed by atoms with van der Waals surface area (Å²) in [6.07, 6.45) is 2.99. The molecule has 1 aliphatic carbocycles. The number of esters is 2. The molecule has 182 valence electrons. The molecule has 4 atom stereocenters. The summed E-state index contributed by atoms with van der Waals surface area (Å²) in [5.41, 5.74) is -0.428. The van der Waals surface area contributed by atoms with Gasteiger partial charge in [0.15, 0.2) is 29.2 Å². The molecule has 2 aromatic rings. The Morgan fingerprint density at radius 2 is 1.88 bits per heavy atom. The number of aliphatic hydroxyl groups is 1. The Bertz CT molecular complexity index is 1150. The molecule has 0 spiro atoms. The first-order valence-corrected chi connectivity index (χ1v) is 11.7. The minimum atomic E-state index is -1.07. The average Bonchev–Trinajstić information content (AvgIpc) is 3.34. The number of hydrogen-bond acceptors (Lipinski definition) is 9. The first kappa shape index (κ1) is 24.4. The highest BCUT2D eigenvalue weighted by atomic mass is 35.5. The summed E-state index contributed by atoms with van der Waals surface area (Å²) >= 11 is 6.36. The number of hydrogen-bond donors (Lipinski definition) is 1. The van der Waals surface area contributed by atoms with Gasteiger partial charge in [-0.25, -0.2) is 15.0 Å². The van der Waals surface area contributed by atoms with E-state index in [1.165, 1.54) is 20.2 Å². The predicted octanol–water partition coefficient (Wildman–Crippen LogP) is 2.70. The van der Waals surface area contributed by atoms with Gasteiger partial charge in [-0.3, -0.25) is 14.2 Å². The van der Waals surface area contributed by atoms with Gasteiger partial charge >= 0.3 is 11.9 Å². The zero-order chi connectivity index (χ0) is 24.5. The molecule has 3 heterocycles. The molecule has 10 nitrogen and oxygen atoms in total. The second kappa shape index (κ2) is 9.86. The van der Waals surface area contributed by atoms with E-state index >= 15 is 0 Å². The van der Waals surface area contributed by atoms with Crippen LogP contribution in [-0.2, 0) is 23.8 Å². The van der Waals surface area contributed by atoms with Crippen LogP contribution in [-0.4, -0.2) is 60.5 Å². The third-order valence-electron chi connectivity index (χ3n) is 6.03. The van der Waals surface area contributed by atoms with Gasteiger partial charge in [0.25, 0.3) is 0 Å². The largest absolute Gasteiger partial charge is 0.456 e. The second-order valence-corrected chi connectivity index (χ2v) is 8.98. The number of rotatable bonds is 4. The zero-order valence-electron chi connectivity index (χ0n) is 19.3. The lowest BCUT2D eigenvalue weighted by molar-refractivity contribution is -0.165. The summed E-state index contributed by atoms with van der Waals surface area (Å²) in [6, 6.07) is 0. The number of aromatic nitrogens is 4. The van der Waals surface area contributed by atoms with Crippen LogP contribution in [0.25, 0.3) is 11.2 Å². The van der Waals surface area contributed by atoms with Crippen molar-refractivity contribution in [1.82, 2.24) is 19.5 Å². The fraction of sp³-hybridized carbons (Fsp3) is 0.609. The number of nitrogens with zero attached hydrogens (tertiary/aromatic N) is 4. The SMILES string of the molecule is CC[C@H]1OC(n2cnc3c(Cl)nc(C#CC4(O)CCCCC4)nc32)[C@H](OC(C)=O)[C@@H]1OC(C)=O. The number of carbonyl (C=O) groups is 2. The van der Waals surface area contributed by atoms with Crippen molar-refractivity contribution < 1.29 is 28.9 Å². The number of imidazole rings is 1.